The van der Waals surface area contributed by atoms with Gasteiger partial charge < -0.3 is 15.4 Å². The topological polar surface area (TPSA) is 50.4 Å². The van der Waals surface area contributed by atoms with Crippen LogP contribution in [0.2, 0.25) is 0 Å². The van der Waals surface area contributed by atoms with Crippen molar-refractivity contribution in [1.29, 1.82) is 0 Å². The van der Waals surface area contributed by atoms with Gasteiger partial charge in [-0.25, -0.2) is 0 Å². The minimum absolute atomic E-state index is 0.0464. The maximum Gasteiger partial charge on any atom is 0.248 e. The lowest BCUT2D eigenvalue weighted by atomic mass is 10.1. The van der Waals surface area contributed by atoms with Gasteiger partial charge in [0.15, 0.2) is 0 Å². The van der Waals surface area contributed by atoms with E-state index in [4.69, 9.17) is 11.2 Å². The molecule has 0 spiro atoms. The number of unbranched alkanes of at least 4 members (excludes halogenated alkanes) is 1. The SMILES string of the molecule is C#CCNCCCC[C@@H]1NC(=O)C=C1OC. The third-order valence-corrected chi connectivity index (χ3v) is 2.49. The lowest BCUT2D eigenvalue weighted by Crippen LogP contribution is -2.29. The van der Waals surface area contributed by atoms with Crippen LogP contribution in [-0.4, -0.2) is 32.1 Å². The van der Waals surface area contributed by atoms with Gasteiger partial charge in [0.2, 0.25) is 5.91 Å². The van der Waals surface area contributed by atoms with Crippen molar-refractivity contribution in [3.05, 3.63) is 11.8 Å². The third kappa shape index (κ3) is 3.95. The van der Waals surface area contributed by atoms with E-state index in [-0.39, 0.29) is 11.9 Å². The maximum atomic E-state index is 11.1. The fourth-order valence-corrected chi connectivity index (χ4v) is 1.69. The van der Waals surface area contributed by atoms with Crippen molar-refractivity contribution in [3.8, 4) is 12.3 Å². The number of nitrogens with one attached hydrogen (secondary N) is 2. The lowest BCUT2D eigenvalue weighted by Gasteiger charge is -2.13. The van der Waals surface area contributed by atoms with Crippen LogP contribution in [0, 0.1) is 12.3 Å². The molecule has 0 unspecified atom stereocenters. The molecule has 0 bridgehead atoms. The molecule has 0 radical (unpaired) electrons. The number of ether oxygens (including phenoxy) is 1. The van der Waals surface area contributed by atoms with Crippen LogP contribution < -0.4 is 10.6 Å². The van der Waals surface area contributed by atoms with E-state index in [1.807, 2.05) is 0 Å². The molecule has 0 saturated carbocycles. The third-order valence-electron chi connectivity index (χ3n) is 2.49. The molecular formula is C12H18N2O2. The Morgan fingerprint density at radius 3 is 3.12 bits per heavy atom. The summed E-state index contributed by atoms with van der Waals surface area (Å²) in [6, 6.07) is 0.0464. The van der Waals surface area contributed by atoms with Crippen LogP contribution >= 0.6 is 0 Å². The molecule has 1 aliphatic rings. The van der Waals surface area contributed by atoms with Gasteiger partial charge in [0, 0.05) is 6.08 Å². The molecule has 0 fully saturated rings. The summed E-state index contributed by atoms with van der Waals surface area (Å²) in [6.07, 6.45) is 9.61. The van der Waals surface area contributed by atoms with Crippen LogP contribution in [-0.2, 0) is 9.53 Å². The predicted molar refractivity (Wildman–Crippen MR) is 62.6 cm³/mol. The highest BCUT2D eigenvalue weighted by atomic mass is 16.5. The Kier molecular flexibility index (Phi) is 5.44. The number of amides is 1. The first-order valence-corrected chi connectivity index (χ1v) is 5.48. The number of carbonyl (C=O) groups is 1. The van der Waals surface area contributed by atoms with Crippen LogP contribution in [0.25, 0.3) is 0 Å². The molecule has 0 aromatic carbocycles. The normalized spacial score (nSPS) is 18.9. The molecule has 1 aliphatic heterocycles. The second kappa shape index (κ2) is 6.91. The summed E-state index contributed by atoms with van der Waals surface area (Å²) in [4.78, 5) is 11.1. The molecule has 0 aliphatic carbocycles. The fraction of sp³-hybridized carbons (Fsp3) is 0.583. The average Bonchev–Trinajstić information content (AvgIpc) is 2.64. The van der Waals surface area contributed by atoms with Gasteiger partial charge in [-0.3, -0.25) is 4.79 Å². The van der Waals surface area contributed by atoms with E-state index in [1.165, 1.54) is 6.08 Å². The standard InChI is InChI=1S/C12H18N2O2/c1-3-7-13-8-5-4-6-10-11(16-2)9-12(15)14-10/h1,9-10,13H,4-8H2,2H3,(H,14,15)/t10-/m0/s1. The zero-order chi connectivity index (χ0) is 11.8. The molecule has 1 rings (SSSR count). The Morgan fingerprint density at radius 2 is 2.44 bits per heavy atom. The summed E-state index contributed by atoms with van der Waals surface area (Å²) in [5.41, 5.74) is 0. The van der Waals surface area contributed by atoms with E-state index in [0.717, 1.165) is 31.6 Å². The molecular weight excluding hydrogens is 204 g/mol. The molecule has 0 aromatic rings. The minimum atomic E-state index is -0.0627. The molecule has 1 atom stereocenters. The van der Waals surface area contributed by atoms with Crippen molar-refractivity contribution in [1.82, 2.24) is 10.6 Å². The number of hydrogen-bond donors (Lipinski definition) is 2. The van der Waals surface area contributed by atoms with Gasteiger partial charge in [0.25, 0.3) is 0 Å². The summed E-state index contributed by atoms with van der Waals surface area (Å²) >= 11 is 0. The lowest BCUT2D eigenvalue weighted by molar-refractivity contribution is -0.116. The van der Waals surface area contributed by atoms with E-state index >= 15 is 0 Å². The van der Waals surface area contributed by atoms with Crippen molar-refractivity contribution >= 4 is 5.91 Å². The Bertz CT molecular complexity index is 305. The average molecular weight is 222 g/mol. The van der Waals surface area contributed by atoms with Crippen molar-refractivity contribution in [2.24, 2.45) is 0 Å². The van der Waals surface area contributed by atoms with E-state index in [9.17, 15) is 4.79 Å². The molecule has 1 amide bonds. The van der Waals surface area contributed by atoms with E-state index in [1.54, 1.807) is 7.11 Å². The van der Waals surface area contributed by atoms with Crippen LogP contribution in [0.3, 0.4) is 0 Å². The van der Waals surface area contributed by atoms with Crippen LogP contribution in [0.4, 0.5) is 0 Å². The number of hydrogen-bond acceptors (Lipinski definition) is 3. The minimum Gasteiger partial charge on any atom is -0.499 e. The van der Waals surface area contributed by atoms with Gasteiger partial charge in [-0.15, -0.1) is 6.42 Å². The van der Waals surface area contributed by atoms with Gasteiger partial charge in [-0.2, -0.15) is 0 Å². The molecule has 88 valence electrons. The van der Waals surface area contributed by atoms with Crippen LogP contribution in [0.5, 0.6) is 0 Å². The molecule has 16 heavy (non-hydrogen) atoms. The Balaban J connectivity index is 2.12. The van der Waals surface area contributed by atoms with Gasteiger partial charge in [-0.1, -0.05) is 5.92 Å². The molecule has 0 saturated heterocycles. The highest BCUT2D eigenvalue weighted by Crippen LogP contribution is 2.15. The van der Waals surface area contributed by atoms with E-state index in [2.05, 4.69) is 16.6 Å². The van der Waals surface area contributed by atoms with Crippen molar-refractivity contribution in [3.63, 3.8) is 0 Å². The van der Waals surface area contributed by atoms with Crippen LogP contribution in [0.1, 0.15) is 19.3 Å². The van der Waals surface area contributed by atoms with Crippen LogP contribution in [0.15, 0.2) is 11.8 Å². The first kappa shape index (κ1) is 12.6. The quantitative estimate of drug-likeness (QED) is 0.484. The molecule has 1 heterocycles. The predicted octanol–water partition coefficient (Wildman–Crippen LogP) is 0.408. The van der Waals surface area contributed by atoms with Crippen molar-refractivity contribution in [2.75, 3.05) is 20.2 Å². The maximum absolute atomic E-state index is 11.1. The van der Waals surface area contributed by atoms with E-state index < -0.39 is 0 Å². The van der Waals surface area contributed by atoms with E-state index in [0.29, 0.717) is 6.54 Å². The van der Waals surface area contributed by atoms with Crippen molar-refractivity contribution in [2.45, 2.75) is 25.3 Å². The summed E-state index contributed by atoms with van der Waals surface area (Å²) < 4.78 is 5.13. The zero-order valence-corrected chi connectivity index (χ0v) is 9.58. The number of rotatable bonds is 7. The second-order valence-electron chi connectivity index (χ2n) is 3.69. The largest absolute Gasteiger partial charge is 0.499 e. The summed E-state index contributed by atoms with van der Waals surface area (Å²) in [7, 11) is 1.59. The molecule has 0 aromatic heterocycles. The smallest absolute Gasteiger partial charge is 0.248 e. The Morgan fingerprint density at radius 1 is 1.62 bits per heavy atom. The molecule has 4 heteroatoms. The molecule has 4 nitrogen and oxygen atoms in total. The van der Waals surface area contributed by atoms with Crippen molar-refractivity contribution < 1.29 is 9.53 Å². The van der Waals surface area contributed by atoms with Gasteiger partial charge >= 0.3 is 0 Å². The first-order valence-electron chi connectivity index (χ1n) is 5.48. The zero-order valence-electron chi connectivity index (χ0n) is 9.58. The monoisotopic (exact) mass is 222 g/mol. The number of methoxy groups -OCH3 is 1. The number of carbonyl (C=O) groups excluding carboxylic acids is 1. The van der Waals surface area contributed by atoms with Gasteiger partial charge in [0.1, 0.15) is 5.76 Å². The number of terminal acetylenes is 1. The van der Waals surface area contributed by atoms with Gasteiger partial charge in [-0.05, 0) is 25.8 Å². The highest BCUT2D eigenvalue weighted by molar-refractivity contribution is 5.91. The Hall–Kier alpha value is -1.47. The van der Waals surface area contributed by atoms with Gasteiger partial charge in [0.05, 0.1) is 19.7 Å². The summed E-state index contributed by atoms with van der Waals surface area (Å²) in [5, 5.41) is 5.97. The first-order chi connectivity index (χ1) is 7.77. The Labute approximate surface area is 96.4 Å². The molecule has 2 N–H and O–H groups in total. The fourth-order valence-electron chi connectivity index (χ4n) is 1.69. The summed E-state index contributed by atoms with van der Waals surface area (Å²) in [5.74, 6) is 3.20. The second-order valence-corrected chi connectivity index (χ2v) is 3.69. The highest BCUT2D eigenvalue weighted by Gasteiger charge is 2.23. The summed E-state index contributed by atoms with van der Waals surface area (Å²) in [6.45, 7) is 1.53.